The topological polar surface area (TPSA) is 119 Å². The molecule has 3 N–H and O–H groups in total. The highest BCUT2D eigenvalue weighted by atomic mass is 32.2. The van der Waals surface area contributed by atoms with Crippen LogP contribution in [-0.2, 0) is 10.0 Å². The number of nitrogens with one attached hydrogen (secondary N) is 1. The van der Waals surface area contributed by atoms with E-state index in [4.69, 9.17) is 5.14 Å². The highest BCUT2D eigenvalue weighted by Gasteiger charge is 2.34. The maximum absolute atomic E-state index is 11.8. The van der Waals surface area contributed by atoms with Crippen LogP contribution in [0, 0.1) is 15.5 Å². The zero-order valence-corrected chi connectivity index (χ0v) is 14.8. The third kappa shape index (κ3) is 4.43. The summed E-state index contributed by atoms with van der Waals surface area (Å²) in [6, 6.07) is 3.70. The van der Waals surface area contributed by atoms with Crippen LogP contribution >= 0.6 is 0 Å². The molecule has 1 aliphatic rings. The molecule has 0 amide bonds. The van der Waals surface area contributed by atoms with Crippen molar-refractivity contribution in [3.05, 3.63) is 28.3 Å². The zero-order chi connectivity index (χ0) is 18.0. The van der Waals surface area contributed by atoms with Gasteiger partial charge in [0.1, 0.15) is 4.90 Å². The molecule has 0 bridgehead atoms. The lowest BCUT2D eigenvalue weighted by molar-refractivity contribution is -0.385. The van der Waals surface area contributed by atoms with Crippen molar-refractivity contribution in [2.45, 2.75) is 30.6 Å². The predicted molar refractivity (Wildman–Crippen MR) is 92.4 cm³/mol. The van der Waals surface area contributed by atoms with Crippen LogP contribution in [-0.4, -0.2) is 45.4 Å². The number of primary sulfonamides is 1. The minimum atomic E-state index is -4.06. The first-order valence-corrected chi connectivity index (χ1v) is 9.37. The number of nitro benzene ring substituents is 1. The standard InChI is InChI=1S/C15H24N4O4S/c1-18(2)11-15(7-3-4-8-15)10-17-13-6-5-12(19(20)21)9-14(13)24(16,22)23/h5-6,9,17H,3-4,7-8,10-11H2,1-2H3,(H2,16,22,23). The molecule has 0 aromatic heterocycles. The van der Waals surface area contributed by atoms with Crippen molar-refractivity contribution in [1.82, 2.24) is 4.90 Å². The molecular weight excluding hydrogens is 332 g/mol. The van der Waals surface area contributed by atoms with Crippen molar-refractivity contribution < 1.29 is 13.3 Å². The first kappa shape index (κ1) is 18.6. The molecule has 1 aromatic carbocycles. The van der Waals surface area contributed by atoms with Crippen molar-refractivity contribution >= 4 is 21.4 Å². The van der Waals surface area contributed by atoms with Gasteiger partial charge in [-0.2, -0.15) is 0 Å². The smallest absolute Gasteiger partial charge is 0.270 e. The monoisotopic (exact) mass is 356 g/mol. The molecule has 24 heavy (non-hydrogen) atoms. The summed E-state index contributed by atoms with van der Waals surface area (Å²) >= 11 is 0. The van der Waals surface area contributed by atoms with Gasteiger partial charge in [-0.1, -0.05) is 12.8 Å². The number of nitrogens with two attached hydrogens (primary N) is 1. The molecule has 1 saturated carbocycles. The fourth-order valence-corrected chi connectivity index (χ4v) is 4.21. The van der Waals surface area contributed by atoms with Crippen LogP contribution in [0.1, 0.15) is 25.7 Å². The number of hydrogen-bond donors (Lipinski definition) is 2. The van der Waals surface area contributed by atoms with E-state index in [1.165, 1.54) is 12.1 Å². The van der Waals surface area contributed by atoms with Crippen LogP contribution in [0.5, 0.6) is 0 Å². The van der Waals surface area contributed by atoms with Gasteiger partial charge in [0.15, 0.2) is 0 Å². The summed E-state index contributed by atoms with van der Waals surface area (Å²) < 4.78 is 23.6. The van der Waals surface area contributed by atoms with Crippen LogP contribution in [0.2, 0.25) is 0 Å². The lowest BCUT2D eigenvalue weighted by atomic mass is 9.85. The molecule has 0 atom stereocenters. The van der Waals surface area contributed by atoms with Crippen molar-refractivity contribution in [3.8, 4) is 0 Å². The number of rotatable bonds is 7. The number of sulfonamides is 1. The summed E-state index contributed by atoms with van der Waals surface area (Å²) in [5.74, 6) is 0. The van der Waals surface area contributed by atoms with Crippen LogP contribution in [0.25, 0.3) is 0 Å². The van der Waals surface area contributed by atoms with Gasteiger partial charge in [0, 0.05) is 30.6 Å². The average molecular weight is 356 g/mol. The Balaban J connectivity index is 2.27. The zero-order valence-electron chi connectivity index (χ0n) is 14.0. The van der Waals surface area contributed by atoms with Gasteiger partial charge < -0.3 is 10.2 Å². The molecule has 0 radical (unpaired) electrons. The van der Waals surface area contributed by atoms with E-state index in [1.807, 2.05) is 14.1 Å². The molecule has 1 aromatic rings. The average Bonchev–Trinajstić information content (AvgIpc) is 2.92. The maximum Gasteiger partial charge on any atom is 0.270 e. The number of nitrogens with zero attached hydrogens (tertiary/aromatic N) is 2. The number of non-ortho nitro benzene ring substituents is 1. The number of anilines is 1. The first-order chi connectivity index (χ1) is 11.1. The SMILES string of the molecule is CN(C)CC1(CNc2ccc([N+](=O)[O-])cc2S(N)(=O)=O)CCCC1. The van der Waals surface area contributed by atoms with E-state index < -0.39 is 14.9 Å². The molecular formula is C15H24N4O4S. The molecule has 0 spiro atoms. The van der Waals surface area contributed by atoms with Crippen molar-refractivity contribution in [1.29, 1.82) is 0 Å². The Bertz CT molecular complexity index is 712. The fourth-order valence-electron chi connectivity index (χ4n) is 3.48. The fraction of sp³-hybridized carbons (Fsp3) is 0.600. The molecule has 8 nitrogen and oxygen atoms in total. The summed E-state index contributed by atoms with van der Waals surface area (Å²) in [5, 5.41) is 19.3. The van der Waals surface area contributed by atoms with Gasteiger partial charge in [-0.3, -0.25) is 10.1 Å². The molecule has 0 saturated heterocycles. The van der Waals surface area contributed by atoms with E-state index in [-0.39, 0.29) is 16.0 Å². The molecule has 2 rings (SSSR count). The Morgan fingerprint density at radius 1 is 1.33 bits per heavy atom. The summed E-state index contributed by atoms with van der Waals surface area (Å²) in [5.41, 5.74) is 0.0857. The highest BCUT2D eigenvalue weighted by Crippen LogP contribution is 2.39. The van der Waals surface area contributed by atoms with Gasteiger partial charge in [-0.15, -0.1) is 0 Å². The van der Waals surface area contributed by atoms with Gasteiger partial charge >= 0.3 is 0 Å². The minimum Gasteiger partial charge on any atom is -0.383 e. The van der Waals surface area contributed by atoms with Crippen molar-refractivity contribution in [3.63, 3.8) is 0 Å². The Morgan fingerprint density at radius 3 is 2.46 bits per heavy atom. The van der Waals surface area contributed by atoms with E-state index in [0.717, 1.165) is 38.3 Å². The molecule has 1 fully saturated rings. The second-order valence-corrected chi connectivity index (χ2v) is 8.31. The van der Waals surface area contributed by atoms with Gasteiger partial charge in [0.05, 0.1) is 10.6 Å². The highest BCUT2D eigenvalue weighted by molar-refractivity contribution is 7.89. The number of hydrogen-bond acceptors (Lipinski definition) is 6. The summed E-state index contributed by atoms with van der Waals surface area (Å²) in [4.78, 5) is 12.1. The Morgan fingerprint density at radius 2 is 1.96 bits per heavy atom. The molecule has 0 heterocycles. The predicted octanol–water partition coefficient (Wildman–Crippen LogP) is 1.78. The molecule has 9 heteroatoms. The van der Waals surface area contributed by atoms with Crippen LogP contribution in [0.3, 0.4) is 0 Å². The van der Waals surface area contributed by atoms with Crippen molar-refractivity contribution in [2.24, 2.45) is 10.6 Å². The summed E-state index contributed by atoms with van der Waals surface area (Å²) in [6.45, 7) is 1.50. The first-order valence-electron chi connectivity index (χ1n) is 7.83. The van der Waals surface area contributed by atoms with Gasteiger partial charge in [-0.05, 0) is 33.0 Å². The minimum absolute atomic E-state index is 0.0703. The van der Waals surface area contributed by atoms with E-state index in [2.05, 4.69) is 10.2 Å². The van der Waals surface area contributed by atoms with E-state index in [9.17, 15) is 18.5 Å². The van der Waals surface area contributed by atoms with Crippen LogP contribution in [0.4, 0.5) is 11.4 Å². The third-order valence-corrected chi connectivity index (χ3v) is 5.40. The van der Waals surface area contributed by atoms with Crippen LogP contribution < -0.4 is 10.5 Å². The normalized spacial score (nSPS) is 17.2. The largest absolute Gasteiger partial charge is 0.383 e. The summed E-state index contributed by atoms with van der Waals surface area (Å²) in [7, 11) is -0.0242. The van der Waals surface area contributed by atoms with E-state index in [1.54, 1.807) is 0 Å². The number of nitro groups is 1. The van der Waals surface area contributed by atoms with E-state index >= 15 is 0 Å². The molecule has 0 aliphatic heterocycles. The lowest BCUT2D eigenvalue weighted by Crippen LogP contribution is -2.37. The Hall–Kier alpha value is -1.71. The Kier molecular flexibility index (Phi) is 5.46. The number of benzene rings is 1. The lowest BCUT2D eigenvalue weighted by Gasteiger charge is -2.33. The Labute approximate surface area is 142 Å². The van der Waals surface area contributed by atoms with Gasteiger partial charge in [0.25, 0.3) is 5.69 Å². The van der Waals surface area contributed by atoms with E-state index in [0.29, 0.717) is 12.2 Å². The molecule has 0 unspecified atom stereocenters. The van der Waals surface area contributed by atoms with Crippen LogP contribution in [0.15, 0.2) is 23.1 Å². The molecule has 134 valence electrons. The second kappa shape index (κ2) is 7.04. The summed E-state index contributed by atoms with van der Waals surface area (Å²) in [6.07, 6.45) is 4.43. The second-order valence-electron chi connectivity index (χ2n) is 6.78. The quantitative estimate of drug-likeness (QED) is 0.568. The third-order valence-electron chi connectivity index (χ3n) is 4.45. The van der Waals surface area contributed by atoms with Crippen molar-refractivity contribution in [2.75, 3.05) is 32.5 Å². The van der Waals surface area contributed by atoms with Gasteiger partial charge in [0.2, 0.25) is 10.0 Å². The molecule has 1 aliphatic carbocycles. The maximum atomic E-state index is 11.8. The van der Waals surface area contributed by atoms with Gasteiger partial charge in [-0.25, -0.2) is 13.6 Å².